The lowest BCUT2D eigenvalue weighted by molar-refractivity contribution is -0.107. The Morgan fingerprint density at radius 2 is 2.17 bits per heavy atom. The third-order valence-electron chi connectivity index (χ3n) is 4.69. The van der Waals surface area contributed by atoms with Crippen LogP contribution < -0.4 is 0 Å². The fourth-order valence-corrected chi connectivity index (χ4v) is 3.70. The van der Waals surface area contributed by atoms with Crippen LogP contribution in [0.1, 0.15) is 36.6 Å². The van der Waals surface area contributed by atoms with Crippen LogP contribution in [-0.4, -0.2) is 40.9 Å². The first-order valence-electron chi connectivity index (χ1n) is 8.47. The van der Waals surface area contributed by atoms with Crippen LogP contribution in [0.2, 0.25) is 0 Å². The Balaban J connectivity index is 1.78. The summed E-state index contributed by atoms with van der Waals surface area (Å²) in [6.07, 6.45) is 6.48. The summed E-state index contributed by atoms with van der Waals surface area (Å²) in [5, 5.41) is 4.36. The Morgan fingerprint density at radius 1 is 1.38 bits per heavy atom. The SMILES string of the molecule is CSC(C=O)CN1CCCC[C@@H]1c1cc(-c2ccc(C)cc2)on1. The maximum Gasteiger partial charge on any atom is 0.167 e. The van der Waals surface area contributed by atoms with Gasteiger partial charge < -0.3 is 9.32 Å². The van der Waals surface area contributed by atoms with E-state index in [0.717, 1.165) is 42.8 Å². The Kier molecular flexibility index (Phi) is 5.74. The van der Waals surface area contributed by atoms with Crippen LogP contribution in [0.5, 0.6) is 0 Å². The van der Waals surface area contributed by atoms with E-state index < -0.39 is 0 Å². The molecule has 2 aromatic rings. The molecule has 0 aliphatic carbocycles. The van der Waals surface area contributed by atoms with Gasteiger partial charge in [0.2, 0.25) is 0 Å². The molecule has 24 heavy (non-hydrogen) atoms. The molecule has 1 unspecified atom stereocenters. The van der Waals surface area contributed by atoms with Crippen molar-refractivity contribution in [2.75, 3.05) is 19.3 Å². The van der Waals surface area contributed by atoms with Gasteiger partial charge in [-0.05, 0) is 32.6 Å². The summed E-state index contributed by atoms with van der Waals surface area (Å²) < 4.78 is 5.60. The zero-order valence-corrected chi connectivity index (χ0v) is 15.1. The molecule has 1 aliphatic heterocycles. The Labute approximate surface area is 147 Å². The van der Waals surface area contributed by atoms with Crippen LogP contribution in [0.25, 0.3) is 11.3 Å². The molecule has 0 radical (unpaired) electrons. The molecule has 1 aliphatic rings. The van der Waals surface area contributed by atoms with Gasteiger partial charge in [-0.15, -0.1) is 0 Å². The molecular formula is C19H24N2O2S. The molecule has 0 N–H and O–H groups in total. The number of carbonyl (C=O) groups excluding carboxylic acids is 1. The minimum atomic E-state index is 0.0223. The van der Waals surface area contributed by atoms with Crippen molar-refractivity contribution >= 4 is 18.0 Å². The van der Waals surface area contributed by atoms with Crippen molar-refractivity contribution in [1.82, 2.24) is 10.1 Å². The molecule has 0 bridgehead atoms. The number of hydrogen-bond acceptors (Lipinski definition) is 5. The van der Waals surface area contributed by atoms with Crippen LogP contribution in [0, 0.1) is 6.92 Å². The minimum absolute atomic E-state index is 0.0223. The lowest BCUT2D eigenvalue weighted by Crippen LogP contribution is -2.38. The second-order valence-corrected chi connectivity index (χ2v) is 7.48. The first kappa shape index (κ1) is 17.2. The van der Waals surface area contributed by atoms with Crippen molar-refractivity contribution in [3.05, 3.63) is 41.6 Å². The molecule has 1 fully saturated rings. The first-order chi connectivity index (χ1) is 11.7. The van der Waals surface area contributed by atoms with Gasteiger partial charge in [-0.1, -0.05) is 41.4 Å². The van der Waals surface area contributed by atoms with E-state index in [2.05, 4.69) is 47.3 Å². The number of likely N-dealkylation sites (tertiary alicyclic amines) is 1. The van der Waals surface area contributed by atoms with Crippen molar-refractivity contribution < 1.29 is 9.32 Å². The molecule has 1 aromatic carbocycles. The monoisotopic (exact) mass is 344 g/mol. The molecule has 2 atom stereocenters. The van der Waals surface area contributed by atoms with Gasteiger partial charge in [0, 0.05) is 18.2 Å². The summed E-state index contributed by atoms with van der Waals surface area (Å²) in [5.41, 5.74) is 3.27. The van der Waals surface area contributed by atoms with E-state index in [1.54, 1.807) is 11.8 Å². The van der Waals surface area contributed by atoms with Crippen molar-refractivity contribution in [3.63, 3.8) is 0 Å². The van der Waals surface area contributed by atoms with Gasteiger partial charge in [-0.25, -0.2) is 0 Å². The van der Waals surface area contributed by atoms with E-state index in [1.807, 2.05) is 6.26 Å². The van der Waals surface area contributed by atoms with E-state index in [1.165, 1.54) is 18.4 Å². The number of aryl methyl sites for hydroxylation is 1. The van der Waals surface area contributed by atoms with Gasteiger partial charge in [-0.3, -0.25) is 4.90 Å². The summed E-state index contributed by atoms with van der Waals surface area (Å²) in [5.74, 6) is 0.812. The van der Waals surface area contributed by atoms with Crippen LogP contribution >= 0.6 is 11.8 Å². The molecule has 3 rings (SSSR count). The Morgan fingerprint density at radius 3 is 2.88 bits per heavy atom. The summed E-state index contributed by atoms with van der Waals surface area (Å²) in [6.45, 7) is 3.87. The number of carbonyl (C=O) groups is 1. The second kappa shape index (κ2) is 7.99. The van der Waals surface area contributed by atoms with Crippen LogP contribution in [-0.2, 0) is 4.79 Å². The quantitative estimate of drug-likeness (QED) is 0.738. The number of piperidine rings is 1. The number of aromatic nitrogens is 1. The molecule has 0 spiro atoms. The largest absolute Gasteiger partial charge is 0.356 e. The highest BCUT2D eigenvalue weighted by atomic mass is 32.2. The van der Waals surface area contributed by atoms with E-state index in [4.69, 9.17) is 4.52 Å². The fraction of sp³-hybridized carbons (Fsp3) is 0.474. The molecular weight excluding hydrogens is 320 g/mol. The summed E-state index contributed by atoms with van der Waals surface area (Å²) in [6, 6.07) is 10.6. The van der Waals surface area contributed by atoms with Crippen molar-refractivity contribution in [2.45, 2.75) is 37.5 Å². The second-order valence-electron chi connectivity index (χ2n) is 6.40. The highest BCUT2D eigenvalue weighted by Crippen LogP contribution is 2.33. The summed E-state index contributed by atoms with van der Waals surface area (Å²) >= 11 is 1.61. The fourth-order valence-electron chi connectivity index (χ4n) is 3.25. The number of aldehydes is 1. The lowest BCUT2D eigenvalue weighted by Gasteiger charge is -2.35. The minimum Gasteiger partial charge on any atom is -0.356 e. The average molecular weight is 344 g/mol. The van der Waals surface area contributed by atoms with E-state index in [9.17, 15) is 4.79 Å². The molecule has 2 heterocycles. The summed E-state index contributed by atoms with van der Waals surface area (Å²) in [4.78, 5) is 13.6. The summed E-state index contributed by atoms with van der Waals surface area (Å²) in [7, 11) is 0. The first-order valence-corrected chi connectivity index (χ1v) is 9.76. The smallest absolute Gasteiger partial charge is 0.167 e. The predicted octanol–water partition coefficient (Wildman–Crippen LogP) is 4.11. The van der Waals surface area contributed by atoms with E-state index >= 15 is 0 Å². The van der Waals surface area contributed by atoms with Gasteiger partial charge in [-0.2, -0.15) is 11.8 Å². The predicted molar refractivity (Wildman–Crippen MR) is 98.2 cm³/mol. The standard InChI is InChI=1S/C19H24N2O2S/c1-14-6-8-15(9-7-14)19-11-17(20-23-19)18-5-3-4-10-21(18)12-16(13-22)24-2/h6-9,11,13,16,18H,3-5,10,12H2,1-2H3/t16?,18-/m1/s1. The Bertz CT molecular complexity index is 668. The molecule has 0 amide bonds. The highest BCUT2D eigenvalue weighted by Gasteiger charge is 2.28. The van der Waals surface area contributed by atoms with Gasteiger partial charge in [0.05, 0.1) is 11.3 Å². The number of nitrogens with zero attached hydrogens (tertiary/aromatic N) is 2. The van der Waals surface area contributed by atoms with E-state index in [-0.39, 0.29) is 11.3 Å². The van der Waals surface area contributed by atoms with Gasteiger partial charge in [0.25, 0.3) is 0 Å². The molecule has 5 heteroatoms. The Hall–Kier alpha value is -1.59. The third kappa shape index (κ3) is 3.90. The normalized spacial score (nSPS) is 20.0. The molecule has 4 nitrogen and oxygen atoms in total. The number of benzene rings is 1. The third-order valence-corrected chi connectivity index (χ3v) is 5.55. The molecule has 128 valence electrons. The number of rotatable bonds is 6. The zero-order valence-electron chi connectivity index (χ0n) is 14.3. The number of hydrogen-bond donors (Lipinski definition) is 0. The molecule has 0 saturated carbocycles. The van der Waals surface area contributed by atoms with Crippen molar-refractivity contribution in [1.29, 1.82) is 0 Å². The maximum atomic E-state index is 11.2. The maximum absolute atomic E-state index is 11.2. The van der Waals surface area contributed by atoms with Crippen LogP contribution in [0.3, 0.4) is 0 Å². The zero-order chi connectivity index (χ0) is 16.9. The highest BCUT2D eigenvalue weighted by molar-refractivity contribution is 7.99. The van der Waals surface area contributed by atoms with Gasteiger partial charge in [0.15, 0.2) is 5.76 Å². The van der Waals surface area contributed by atoms with Crippen molar-refractivity contribution in [2.24, 2.45) is 0 Å². The molecule has 1 aromatic heterocycles. The van der Waals surface area contributed by atoms with Gasteiger partial charge >= 0.3 is 0 Å². The topological polar surface area (TPSA) is 46.3 Å². The van der Waals surface area contributed by atoms with E-state index in [0.29, 0.717) is 0 Å². The van der Waals surface area contributed by atoms with Crippen molar-refractivity contribution in [3.8, 4) is 11.3 Å². The average Bonchev–Trinajstić information content (AvgIpc) is 3.10. The van der Waals surface area contributed by atoms with Crippen LogP contribution in [0.4, 0.5) is 0 Å². The van der Waals surface area contributed by atoms with Crippen LogP contribution in [0.15, 0.2) is 34.9 Å². The molecule has 1 saturated heterocycles. The van der Waals surface area contributed by atoms with Gasteiger partial charge in [0.1, 0.15) is 12.0 Å². The number of thioether (sulfide) groups is 1. The lowest BCUT2D eigenvalue weighted by atomic mass is 9.98.